The molecule has 1 fully saturated rings. The van der Waals surface area contributed by atoms with Crippen LogP contribution in [0.1, 0.15) is 24.0 Å². The molecule has 1 heterocycles. The van der Waals surface area contributed by atoms with E-state index in [0.717, 1.165) is 21.9 Å². The number of nitrogens with one attached hydrogen (secondary N) is 1. The molecular weight excluding hydrogens is 396 g/mol. The van der Waals surface area contributed by atoms with E-state index in [1.54, 1.807) is 24.3 Å². The van der Waals surface area contributed by atoms with Crippen LogP contribution < -0.4 is 5.32 Å². The molecule has 4 rings (SSSR count). The molecule has 1 amide bonds. The molecule has 0 saturated carbocycles. The third-order valence-corrected chi connectivity index (χ3v) is 7.73. The molecule has 0 aliphatic carbocycles. The Kier molecular flexibility index (Phi) is 5.88. The third kappa shape index (κ3) is 4.25. The first-order valence-electron chi connectivity index (χ1n) is 10.3. The smallest absolute Gasteiger partial charge is 0.243 e. The van der Waals surface area contributed by atoms with Crippen molar-refractivity contribution < 1.29 is 13.2 Å². The predicted molar refractivity (Wildman–Crippen MR) is 118 cm³/mol. The number of carbonyl (C=O) groups excluding carboxylic acids is 1. The third-order valence-electron chi connectivity index (χ3n) is 5.82. The Morgan fingerprint density at radius 2 is 1.63 bits per heavy atom. The highest BCUT2D eigenvalue weighted by atomic mass is 32.2. The minimum absolute atomic E-state index is 0.00434. The van der Waals surface area contributed by atoms with E-state index in [0.29, 0.717) is 37.4 Å². The van der Waals surface area contributed by atoms with E-state index in [4.69, 9.17) is 0 Å². The van der Waals surface area contributed by atoms with Gasteiger partial charge in [0.2, 0.25) is 15.9 Å². The molecule has 1 aliphatic heterocycles. The zero-order valence-corrected chi connectivity index (χ0v) is 17.9. The molecule has 3 aromatic carbocycles. The van der Waals surface area contributed by atoms with E-state index >= 15 is 0 Å². The molecule has 0 unspecified atom stereocenters. The van der Waals surface area contributed by atoms with Crippen LogP contribution in [0.4, 0.5) is 0 Å². The average Bonchev–Trinajstić information content (AvgIpc) is 2.78. The molecule has 0 radical (unpaired) electrons. The number of nitrogens with zero attached hydrogens (tertiary/aromatic N) is 1. The van der Waals surface area contributed by atoms with E-state index in [1.165, 1.54) is 4.31 Å². The molecule has 6 heteroatoms. The van der Waals surface area contributed by atoms with Gasteiger partial charge >= 0.3 is 0 Å². The molecule has 0 atom stereocenters. The van der Waals surface area contributed by atoms with Gasteiger partial charge < -0.3 is 5.32 Å². The predicted octanol–water partition coefficient (Wildman–Crippen LogP) is 3.87. The second-order valence-corrected chi connectivity index (χ2v) is 9.79. The largest absolute Gasteiger partial charge is 0.352 e. The van der Waals surface area contributed by atoms with Gasteiger partial charge in [-0.2, -0.15) is 4.31 Å². The highest BCUT2D eigenvalue weighted by Gasteiger charge is 2.32. The van der Waals surface area contributed by atoms with Gasteiger partial charge in [0.25, 0.3) is 0 Å². The second-order valence-electron chi connectivity index (χ2n) is 7.85. The van der Waals surface area contributed by atoms with Crippen molar-refractivity contribution >= 4 is 26.7 Å². The second kappa shape index (κ2) is 8.58. The summed E-state index contributed by atoms with van der Waals surface area (Å²) >= 11 is 0. The van der Waals surface area contributed by atoms with Crippen molar-refractivity contribution in [3.63, 3.8) is 0 Å². The van der Waals surface area contributed by atoms with Crippen molar-refractivity contribution in [1.29, 1.82) is 0 Å². The lowest BCUT2D eigenvalue weighted by molar-refractivity contribution is -0.126. The highest BCUT2D eigenvalue weighted by Crippen LogP contribution is 2.25. The number of hydrogen-bond donors (Lipinski definition) is 1. The molecular formula is C24H26N2O3S. The first kappa shape index (κ1) is 20.6. The van der Waals surface area contributed by atoms with Crippen LogP contribution in [0.5, 0.6) is 0 Å². The van der Waals surface area contributed by atoms with Crippen LogP contribution >= 0.6 is 0 Å². The summed E-state index contributed by atoms with van der Waals surface area (Å²) in [5.41, 5.74) is 2.11. The lowest BCUT2D eigenvalue weighted by atomic mass is 9.97. The van der Waals surface area contributed by atoms with Gasteiger partial charge in [-0.05, 0) is 48.2 Å². The number of carbonyl (C=O) groups is 1. The number of piperidine rings is 1. The highest BCUT2D eigenvalue weighted by molar-refractivity contribution is 7.89. The molecule has 0 bridgehead atoms. The van der Waals surface area contributed by atoms with Gasteiger partial charge in [0, 0.05) is 25.6 Å². The maximum Gasteiger partial charge on any atom is 0.243 e. The van der Waals surface area contributed by atoms with Crippen LogP contribution in [-0.2, 0) is 21.4 Å². The Hall–Kier alpha value is -2.70. The number of hydrogen-bond acceptors (Lipinski definition) is 3. The Morgan fingerprint density at radius 1 is 0.967 bits per heavy atom. The van der Waals surface area contributed by atoms with Crippen molar-refractivity contribution in [3.05, 3.63) is 77.9 Å². The maximum absolute atomic E-state index is 12.8. The van der Waals surface area contributed by atoms with Crippen LogP contribution in [0.25, 0.3) is 10.8 Å². The zero-order chi connectivity index (χ0) is 21.1. The number of sulfonamides is 1. The van der Waals surface area contributed by atoms with Crippen LogP contribution in [0.15, 0.2) is 71.6 Å². The summed E-state index contributed by atoms with van der Waals surface area (Å²) < 4.78 is 27.2. The topological polar surface area (TPSA) is 66.5 Å². The van der Waals surface area contributed by atoms with Gasteiger partial charge in [-0.15, -0.1) is 0 Å². The quantitative estimate of drug-likeness (QED) is 0.679. The lowest BCUT2D eigenvalue weighted by Crippen LogP contribution is -2.42. The Labute approximate surface area is 177 Å². The minimum atomic E-state index is -3.51. The summed E-state index contributed by atoms with van der Waals surface area (Å²) in [4.78, 5) is 13.0. The van der Waals surface area contributed by atoms with Crippen molar-refractivity contribution in [2.75, 3.05) is 13.1 Å². The SMILES string of the molecule is Cc1ccc(S(=O)(=O)N2CCC(C(=O)NCc3cccc4ccccc34)CC2)cc1. The van der Waals surface area contributed by atoms with Gasteiger partial charge in [0.1, 0.15) is 0 Å². The summed E-state index contributed by atoms with van der Waals surface area (Å²) in [6, 6.07) is 21.1. The number of benzene rings is 3. The molecule has 3 aromatic rings. The summed E-state index contributed by atoms with van der Waals surface area (Å²) in [5.74, 6) is -0.167. The first-order chi connectivity index (χ1) is 14.4. The van der Waals surface area contributed by atoms with E-state index in [-0.39, 0.29) is 11.8 Å². The summed E-state index contributed by atoms with van der Waals surface area (Å²) in [6.45, 7) is 3.13. The van der Waals surface area contributed by atoms with E-state index in [9.17, 15) is 13.2 Å². The Balaban J connectivity index is 1.36. The zero-order valence-electron chi connectivity index (χ0n) is 17.0. The molecule has 1 N–H and O–H groups in total. The molecule has 1 aliphatic rings. The first-order valence-corrected chi connectivity index (χ1v) is 11.7. The number of amides is 1. The van der Waals surface area contributed by atoms with Crippen molar-refractivity contribution in [1.82, 2.24) is 9.62 Å². The molecule has 1 saturated heterocycles. The number of aryl methyl sites for hydroxylation is 1. The normalized spacial score (nSPS) is 15.9. The Morgan fingerprint density at radius 3 is 2.37 bits per heavy atom. The molecule has 156 valence electrons. The van der Waals surface area contributed by atoms with Crippen LogP contribution in [0.2, 0.25) is 0 Å². The summed E-state index contributed by atoms with van der Waals surface area (Å²) in [7, 11) is -3.51. The summed E-state index contributed by atoms with van der Waals surface area (Å²) in [6.07, 6.45) is 1.07. The monoisotopic (exact) mass is 422 g/mol. The van der Waals surface area contributed by atoms with E-state index < -0.39 is 10.0 Å². The fraction of sp³-hybridized carbons (Fsp3) is 0.292. The van der Waals surface area contributed by atoms with Crippen LogP contribution in [0.3, 0.4) is 0 Å². The standard InChI is InChI=1S/C24H26N2O3S/c1-18-9-11-22(12-10-18)30(28,29)26-15-13-20(14-16-26)24(27)25-17-21-7-4-6-19-5-2-3-8-23(19)21/h2-12,20H,13-17H2,1H3,(H,25,27). The number of rotatable bonds is 5. The maximum atomic E-state index is 12.8. The van der Waals surface area contributed by atoms with Gasteiger partial charge in [0.05, 0.1) is 4.90 Å². The molecule has 30 heavy (non-hydrogen) atoms. The summed E-state index contributed by atoms with van der Waals surface area (Å²) in [5, 5.41) is 5.34. The average molecular weight is 423 g/mol. The van der Waals surface area contributed by atoms with Crippen LogP contribution in [-0.4, -0.2) is 31.7 Å². The van der Waals surface area contributed by atoms with E-state index in [2.05, 4.69) is 23.5 Å². The Bertz CT molecular complexity index is 1140. The van der Waals surface area contributed by atoms with E-state index in [1.807, 2.05) is 31.2 Å². The fourth-order valence-electron chi connectivity index (χ4n) is 3.99. The van der Waals surface area contributed by atoms with Gasteiger partial charge in [-0.1, -0.05) is 60.2 Å². The van der Waals surface area contributed by atoms with Crippen molar-refractivity contribution in [2.24, 2.45) is 5.92 Å². The fourth-order valence-corrected chi connectivity index (χ4v) is 5.46. The molecule has 0 aromatic heterocycles. The molecule has 0 spiro atoms. The van der Waals surface area contributed by atoms with Crippen LogP contribution in [0, 0.1) is 12.8 Å². The van der Waals surface area contributed by atoms with Gasteiger partial charge in [-0.25, -0.2) is 8.42 Å². The van der Waals surface area contributed by atoms with Gasteiger partial charge in [-0.3, -0.25) is 4.79 Å². The lowest BCUT2D eigenvalue weighted by Gasteiger charge is -2.30. The minimum Gasteiger partial charge on any atom is -0.352 e. The molecule has 5 nitrogen and oxygen atoms in total. The van der Waals surface area contributed by atoms with Gasteiger partial charge in [0.15, 0.2) is 0 Å². The van der Waals surface area contributed by atoms with Crippen molar-refractivity contribution in [3.8, 4) is 0 Å². The van der Waals surface area contributed by atoms with Crippen molar-refractivity contribution in [2.45, 2.75) is 31.2 Å². The number of fused-ring (bicyclic) bond motifs is 1.